The smallest absolute Gasteiger partial charge is 0.238 e. The lowest BCUT2D eigenvalue weighted by Crippen LogP contribution is -2.15. The van der Waals surface area contributed by atoms with Crippen LogP contribution in [0.4, 0.5) is 5.69 Å². The van der Waals surface area contributed by atoms with E-state index < -0.39 is 10.0 Å². The number of hydrogen-bond acceptors (Lipinski definition) is 7. The molecule has 0 bridgehead atoms. The standard InChI is InChI=1S/C20H21N5O4S2/c1-3-12-25-19(14-4-8-16(29-2)9-5-14)23-24-20(25)30-13-18(26)22-15-6-10-17(11-7-15)31(21,27)28/h3-11H,1,12-13H2,2H3,(H,22,26)(H2,21,27,28). The lowest BCUT2D eigenvalue weighted by Gasteiger charge is -2.09. The first-order valence-electron chi connectivity index (χ1n) is 9.06. The van der Waals surface area contributed by atoms with Gasteiger partial charge in [-0.1, -0.05) is 17.8 Å². The Morgan fingerprint density at radius 3 is 2.45 bits per heavy atom. The van der Waals surface area contributed by atoms with Crippen LogP contribution in [0.3, 0.4) is 0 Å². The molecule has 31 heavy (non-hydrogen) atoms. The Morgan fingerprint density at radius 2 is 1.87 bits per heavy atom. The molecule has 0 radical (unpaired) electrons. The maximum atomic E-state index is 12.3. The second kappa shape index (κ2) is 9.77. The van der Waals surface area contributed by atoms with Crippen molar-refractivity contribution >= 4 is 33.4 Å². The Kier molecular flexibility index (Phi) is 7.10. The van der Waals surface area contributed by atoms with Gasteiger partial charge in [0.2, 0.25) is 15.9 Å². The first-order valence-corrected chi connectivity index (χ1v) is 11.6. The number of anilines is 1. The zero-order valence-corrected chi connectivity index (χ0v) is 18.3. The van der Waals surface area contributed by atoms with Crippen molar-refractivity contribution in [1.82, 2.24) is 14.8 Å². The highest BCUT2D eigenvalue weighted by Gasteiger charge is 2.15. The largest absolute Gasteiger partial charge is 0.497 e. The fourth-order valence-electron chi connectivity index (χ4n) is 2.70. The fourth-order valence-corrected chi connectivity index (χ4v) is 3.96. The van der Waals surface area contributed by atoms with Gasteiger partial charge >= 0.3 is 0 Å². The third kappa shape index (κ3) is 5.72. The summed E-state index contributed by atoms with van der Waals surface area (Å²) in [7, 11) is -2.18. The molecule has 11 heteroatoms. The summed E-state index contributed by atoms with van der Waals surface area (Å²) < 4.78 is 29.7. The van der Waals surface area contributed by atoms with Gasteiger partial charge in [0.1, 0.15) is 5.75 Å². The van der Waals surface area contributed by atoms with Crippen LogP contribution < -0.4 is 15.2 Å². The van der Waals surface area contributed by atoms with E-state index in [0.29, 0.717) is 23.2 Å². The second-order valence-electron chi connectivity index (χ2n) is 6.34. The Balaban J connectivity index is 1.68. The van der Waals surface area contributed by atoms with E-state index in [9.17, 15) is 13.2 Å². The molecular formula is C20H21N5O4S2. The summed E-state index contributed by atoms with van der Waals surface area (Å²) in [6, 6.07) is 13.1. The Morgan fingerprint density at radius 1 is 1.19 bits per heavy atom. The van der Waals surface area contributed by atoms with Gasteiger partial charge in [0, 0.05) is 17.8 Å². The van der Waals surface area contributed by atoms with Crippen LogP contribution in [0, 0.1) is 0 Å². The van der Waals surface area contributed by atoms with Gasteiger partial charge in [-0.3, -0.25) is 9.36 Å². The Labute approximate surface area is 184 Å². The number of ether oxygens (including phenoxy) is 1. The van der Waals surface area contributed by atoms with Crippen LogP contribution in [0.5, 0.6) is 5.75 Å². The summed E-state index contributed by atoms with van der Waals surface area (Å²) in [5.74, 6) is 1.22. The SMILES string of the molecule is C=CCn1c(SCC(=O)Nc2ccc(S(N)(=O)=O)cc2)nnc1-c1ccc(OC)cc1. The average Bonchev–Trinajstić information content (AvgIpc) is 3.15. The minimum atomic E-state index is -3.78. The van der Waals surface area contributed by atoms with Gasteiger partial charge in [-0.05, 0) is 48.5 Å². The van der Waals surface area contributed by atoms with Gasteiger partial charge in [-0.25, -0.2) is 13.6 Å². The quantitative estimate of drug-likeness (QED) is 0.371. The number of methoxy groups -OCH3 is 1. The van der Waals surface area contributed by atoms with Crippen molar-refractivity contribution in [3.05, 3.63) is 61.2 Å². The van der Waals surface area contributed by atoms with Crippen molar-refractivity contribution in [1.29, 1.82) is 0 Å². The van der Waals surface area contributed by atoms with E-state index in [-0.39, 0.29) is 16.6 Å². The van der Waals surface area contributed by atoms with Crippen LogP contribution in [0.15, 0.2) is 71.2 Å². The van der Waals surface area contributed by atoms with Gasteiger partial charge in [0.05, 0.1) is 17.8 Å². The third-order valence-electron chi connectivity index (χ3n) is 4.18. The molecule has 0 unspecified atom stereocenters. The molecule has 0 atom stereocenters. The number of carbonyl (C=O) groups excluding carboxylic acids is 1. The lowest BCUT2D eigenvalue weighted by atomic mass is 10.2. The molecule has 3 rings (SSSR count). The molecule has 0 fully saturated rings. The first kappa shape index (κ1) is 22.5. The third-order valence-corrected chi connectivity index (χ3v) is 6.07. The highest BCUT2D eigenvalue weighted by Crippen LogP contribution is 2.26. The highest BCUT2D eigenvalue weighted by atomic mass is 32.2. The van der Waals surface area contributed by atoms with Crippen molar-refractivity contribution in [2.24, 2.45) is 5.14 Å². The summed E-state index contributed by atoms with van der Waals surface area (Å²) in [5.41, 5.74) is 1.32. The minimum Gasteiger partial charge on any atom is -0.497 e. The number of primary sulfonamides is 1. The number of amides is 1. The van der Waals surface area contributed by atoms with Crippen LogP contribution in [0.1, 0.15) is 0 Å². The Hall–Kier alpha value is -3.15. The van der Waals surface area contributed by atoms with Crippen molar-refractivity contribution in [2.45, 2.75) is 16.6 Å². The molecule has 3 N–H and O–H groups in total. The van der Waals surface area contributed by atoms with Gasteiger partial charge < -0.3 is 10.1 Å². The summed E-state index contributed by atoms with van der Waals surface area (Å²) in [4.78, 5) is 12.3. The molecule has 3 aromatic rings. The van der Waals surface area contributed by atoms with E-state index in [2.05, 4.69) is 22.1 Å². The van der Waals surface area contributed by atoms with E-state index >= 15 is 0 Å². The molecule has 2 aromatic carbocycles. The average molecular weight is 460 g/mol. The first-order chi connectivity index (χ1) is 14.8. The van der Waals surface area contributed by atoms with E-state index in [1.165, 1.54) is 36.0 Å². The molecule has 1 heterocycles. The lowest BCUT2D eigenvalue weighted by molar-refractivity contribution is -0.113. The summed E-state index contributed by atoms with van der Waals surface area (Å²) in [5, 5.41) is 16.8. The van der Waals surface area contributed by atoms with Crippen molar-refractivity contribution < 1.29 is 17.9 Å². The van der Waals surface area contributed by atoms with Gasteiger partial charge in [-0.2, -0.15) is 0 Å². The topological polar surface area (TPSA) is 129 Å². The number of sulfonamides is 1. The maximum Gasteiger partial charge on any atom is 0.238 e. The van der Waals surface area contributed by atoms with Crippen LogP contribution in [0.2, 0.25) is 0 Å². The molecule has 0 aliphatic heterocycles. The number of aromatic nitrogens is 3. The molecule has 0 saturated heterocycles. The number of nitrogens with one attached hydrogen (secondary N) is 1. The predicted molar refractivity (Wildman–Crippen MR) is 119 cm³/mol. The van der Waals surface area contributed by atoms with Crippen LogP contribution in [-0.4, -0.2) is 42.0 Å². The van der Waals surface area contributed by atoms with Gasteiger partial charge in [-0.15, -0.1) is 16.8 Å². The van der Waals surface area contributed by atoms with Crippen molar-refractivity contribution in [2.75, 3.05) is 18.2 Å². The van der Waals surface area contributed by atoms with Gasteiger partial charge in [0.25, 0.3) is 0 Å². The van der Waals surface area contributed by atoms with E-state index in [0.717, 1.165) is 11.3 Å². The monoisotopic (exact) mass is 459 g/mol. The zero-order valence-electron chi connectivity index (χ0n) is 16.7. The fraction of sp³-hybridized carbons (Fsp3) is 0.150. The summed E-state index contributed by atoms with van der Waals surface area (Å²) in [6.07, 6.45) is 1.73. The highest BCUT2D eigenvalue weighted by molar-refractivity contribution is 7.99. The molecule has 0 spiro atoms. The zero-order chi connectivity index (χ0) is 22.4. The number of benzene rings is 2. The molecule has 162 valence electrons. The molecule has 0 aliphatic rings. The molecule has 0 aliphatic carbocycles. The Bertz CT molecular complexity index is 1170. The minimum absolute atomic E-state index is 0.0246. The van der Waals surface area contributed by atoms with E-state index in [4.69, 9.17) is 9.88 Å². The maximum absolute atomic E-state index is 12.3. The van der Waals surface area contributed by atoms with Crippen LogP contribution in [-0.2, 0) is 21.4 Å². The molecular weight excluding hydrogens is 438 g/mol. The molecule has 1 amide bonds. The number of nitrogens with two attached hydrogens (primary N) is 1. The van der Waals surface area contributed by atoms with Crippen molar-refractivity contribution in [3.63, 3.8) is 0 Å². The molecule has 9 nitrogen and oxygen atoms in total. The predicted octanol–water partition coefficient (Wildman–Crippen LogP) is 2.52. The number of rotatable bonds is 9. The van der Waals surface area contributed by atoms with Crippen LogP contribution in [0.25, 0.3) is 11.4 Å². The number of hydrogen-bond donors (Lipinski definition) is 2. The molecule has 0 saturated carbocycles. The summed E-state index contributed by atoms with van der Waals surface area (Å²) in [6.45, 7) is 4.26. The number of thioether (sulfide) groups is 1. The summed E-state index contributed by atoms with van der Waals surface area (Å²) >= 11 is 1.23. The molecule has 1 aromatic heterocycles. The number of carbonyl (C=O) groups is 1. The normalized spacial score (nSPS) is 11.2. The van der Waals surface area contributed by atoms with Crippen LogP contribution >= 0.6 is 11.8 Å². The van der Waals surface area contributed by atoms with E-state index in [1.54, 1.807) is 13.2 Å². The number of nitrogens with zero attached hydrogens (tertiary/aromatic N) is 3. The van der Waals surface area contributed by atoms with Gasteiger partial charge in [0.15, 0.2) is 11.0 Å². The van der Waals surface area contributed by atoms with E-state index in [1.807, 2.05) is 28.8 Å². The van der Waals surface area contributed by atoms with Crippen molar-refractivity contribution in [3.8, 4) is 17.1 Å². The number of allylic oxidation sites excluding steroid dienone is 1. The second-order valence-corrected chi connectivity index (χ2v) is 8.84.